The van der Waals surface area contributed by atoms with Crippen LogP contribution in [0.4, 0.5) is 0 Å². The third-order valence-corrected chi connectivity index (χ3v) is 3.14. The monoisotopic (exact) mass is 362 g/mol. The number of esters is 1. The number of rotatable bonds is 5. The van der Waals surface area contributed by atoms with Crippen LogP contribution in [0.15, 0.2) is 22.7 Å². The number of ketones is 1. The van der Waals surface area contributed by atoms with Gasteiger partial charge in [-0.25, -0.2) is 0 Å². The van der Waals surface area contributed by atoms with Gasteiger partial charge in [-0.05, 0) is 17.7 Å². The van der Waals surface area contributed by atoms with Crippen LogP contribution >= 0.6 is 31.9 Å². The predicted molar refractivity (Wildman–Crippen MR) is 72.6 cm³/mol. The Labute approximate surface area is 117 Å². The molecule has 0 saturated carbocycles. The second kappa shape index (κ2) is 6.91. The molecule has 0 atom stereocenters. The van der Waals surface area contributed by atoms with Crippen molar-refractivity contribution in [2.24, 2.45) is 0 Å². The minimum absolute atomic E-state index is 0.0216. The van der Waals surface area contributed by atoms with Crippen molar-refractivity contribution in [1.29, 1.82) is 0 Å². The van der Waals surface area contributed by atoms with Crippen molar-refractivity contribution in [3.8, 4) is 0 Å². The second-order valence-corrected chi connectivity index (χ2v) is 5.13. The summed E-state index contributed by atoms with van der Waals surface area (Å²) in [5, 5.41) is 0.611. The van der Waals surface area contributed by atoms with Gasteiger partial charge in [0.1, 0.15) is 0 Å². The van der Waals surface area contributed by atoms with Gasteiger partial charge in [-0.2, -0.15) is 0 Å². The molecule has 0 saturated heterocycles. The molecule has 1 aromatic rings. The molecule has 1 aromatic carbocycles. The zero-order valence-electron chi connectivity index (χ0n) is 9.33. The summed E-state index contributed by atoms with van der Waals surface area (Å²) >= 11 is 6.55. The first-order chi connectivity index (χ1) is 8.08. The van der Waals surface area contributed by atoms with Gasteiger partial charge >= 0.3 is 5.97 Å². The van der Waals surface area contributed by atoms with Gasteiger partial charge in [-0.3, -0.25) is 9.59 Å². The summed E-state index contributed by atoms with van der Waals surface area (Å²) in [6.07, 6.45) is 0.523. The van der Waals surface area contributed by atoms with E-state index in [0.717, 1.165) is 4.47 Å². The Hall–Kier alpha value is -0.680. The van der Waals surface area contributed by atoms with Gasteiger partial charge in [0, 0.05) is 21.8 Å². The van der Waals surface area contributed by atoms with E-state index in [1.807, 2.05) is 0 Å². The highest BCUT2D eigenvalue weighted by Crippen LogP contribution is 2.19. The smallest absolute Gasteiger partial charge is 0.310 e. The summed E-state index contributed by atoms with van der Waals surface area (Å²) in [4.78, 5) is 23.1. The van der Waals surface area contributed by atoms with E-state index in [-0.39, 0.29) is 18.2 Å². The second-order valence-electron chi connectivity index (χ2n) is 3.42. The first-order valence-corrected chi connectivity index (χ1v) is 6.94. The molecule has 0 unspecified atom stereocenters. The first kappa shape index (κ1) is 14.4. The third-order valence-electron chi connectivity index (χ3n) is 2.25. The molecule has 5 heteroatoms. The lowest BCUT2D eigenvalue weighted by Crippen LogP contribution is -2.10. The summed E-state index contributed by atoms with van der Waals surface area (Å²) in [7, 11) is 1.33. The fourth-order valence-electron chi connectivity index (χ4n) is 1.43. The fourth-order valence-corrected chi connectivity index (χ4v) is 2.20. The lowest BCUT2D eigenvalue weighted by atomic mass is 10.00. The maximum Gasteiger partial charge on any atom is 0.310 e. The number of hydrogen-bond donors (Lipinski definition) is 0. The number of carbonyl (C=O) groups excluding carboxylic acids is 2. The zero-order chi connectivity index (χ0) is 12.8. The minimum atomic E-state index is -0.351. The van der Waals surface area contributed by atoms with Crippen molar-refractivity contribution in [2.45, 2.75) is 12.8 Å². The summed E-state index contributed by atoms with van der Waals surface area (Å²) in [5.74, 6) is -0.329. The van der Waals surface area contributed by atoms with Crippen LogP contribution in [-0.4, -0.2) is 24.2 Å². The number of alkyl halides is 1. The van der Waals surface area contributed by atoms with Crippen molar-refractivity contribution >= 4 is 43.6 Å². The fraction of sp³-hybridized carbons (Fsp3) is 0.333. The van der Waals surface area contributed by atoms with E-state index in [0.29, 0.717) is 22.9 Å². The number of hydrogen-bond acceptors (Lipinski definition) is 3. The molecule has 0 fully saturated rings. The molecule has 0 aliphatic carbocycles. The molecule has 0 heterocycles. The molecule has 1 rings (SSSR count). The molecule has 0 amide bonds. The van der Waals surface area contributed by atoms with E-state index in [2.05, 4.69) is 36.6 Å². The van der Waals surface area contributed by atoms with Gasteiger partial charge in [0.2, 0.25) is 0 Å². The molecule has 0 N–H and O–H groups in total. The topological polar surface area (TPSA) is 43.4 Å². The lowest BCUT2D eigenvalue weighted by Gasteiger charge is -2.08. The van der Waals surface area contributed by atoms with Crippen LogP contribution in [0, 0.1) is 0 Å². The number of benzene rings is 1. The van der Waals surface area contributed by atoms with Crippen molar-refractivity contribution < 1.29 is 14.3 Å². The third kappa shape index (κ3) is 4.24. The van der Waals surface area contributed by atoms with Crippen LogP contribution in [0.3, 0.4) is 0 Å². The summed E-state index contributed by atoms with van der Waals surface area (Å²) in [6.45, 7) is 0. The molecule has 0 aliphatic heterocycles. The van der Waals surface area contributed by atoms with E-state index in [4.69, 9.17) is 0 Å². The average Bonchev–Trinajstić information content (AvgIpc) is 2.29. The molecule has 0 aromatic heterocycles. The van der Waals surface area contributed by atoms with Crippen LogP contribution in [0.5, 0.6) is 0 Å². The van der Waals surface area contributed by atoms with Gasteiger partial charge < -0.3 is 4.74 Å². The van der Waals surface area contributed by atoms with Gasteiger partial charge in [0.05, 0.1) is 13.5 Å². The van der Waals surface area contributed by atoms with Crippen LogP contribution in [0.25, 0.3) is 0 Å². The van der Waals surface area contributed by atoms with Gasteiger partial charge in [0.15, 0.2) is 5.78 Å². The molecule has 17 heavy (non-hydrogen) atoms. The molecule has 0 aliphatic rings. The Bertz CT molecular complexity index is 430. The van der Waals surface area contributed by atoms with Gasteiger partial charge in [-0.15, -0.1) is 0 Å². The van der Waals surface area contributed by atoms with Crippen molar-refractivity contribution in [1.82, 2.24) is 0 Å². The standard InChI is InChI=1S/C12H12Br2O3/c1-17-12(16)7-8-6-9(14)2-3-10(8)11(15)4-5-13/h2-3,6H,4-5,7H2,1H3. The van der Waals surface area contributed by atoms with E-state index < -0.39 is 0 Å². The van der Waals surface area contributed by atoms with Gasteiger partial charge in [0.25, 0.3) is 0 Å². The molecule has 0 bridgehead atoms. The highest BCUT2D eigenvalue weighted by Gasteiger charge is 2.14. The zero-order valence-corrected chi connectivity index (χ0v) is 12.5. The Morgan fingerprint density at radius 2 is 2.06 bits per heavy atom. The van der Waals surface area contributed by atoms with E-state index >= 15 is 0 Å². The summed E-state index contributed by atoms with van der Waals surface area (Å²) < 4.78 is 5.45. The normalized spacial score (nSPS) is 10.1. The Kier molecular flexibility index (Phi) is 5.85. The predicted octanol–water partition coefficient (Wildman–Crippen LogP) is 3.13. The first-order valence-electron chi connectivity index (χ1n) is 5.03. The van der Waals surface area contributed by atoms with Crippen molar-refractivity contribution in [2.75, 3.05) is 12.4 Å². The molecule has 3 nitrogen and oxygen atoms in total. The quantitative estimate of drug-likeness (QED) is 0.458. The van der Waals surface area contributed by atoms with Crippen LogP contribution < -0.4 is 0 Å². The van der Waals surface area contributed by atoms with E-state index in [1.165, 1.54) is 7.11 Å². The highest BCUT2D eigenvalue weighted by atomic mass is 79.9. The summed E-state index contributed by atoms with van der Waals surface area (Å²) in [5.41, 5.74) is 1.27. The average molecular weight is 364 g/mol. The van der Waals surface area contributed by atoms with E-state index in [1.54, 1.807) is 18.2 Å². The number of ether oxygens (including phenoxy) is 1. The highest BCUT2D eigenvalue weighted by molar-refractivity contribution is 9.10. The number of Topliss-reactive ketones (excluding diaryl/α,β-unsaturated/α-hetero) is 1. The molecular formula is C12H12Br2O3. The van der Waals surface area contributed by atoms with Crippen molar-refractivity contribution in [3.63, 3.8) is 0 Å². The molecular weight excluding hydrogens is 352 g/mol. The summed E-state index contributed by atoms with van der Waals surface area (Å²) in [6, 6.07) is 5.30. The Morgan fingerprint density at radius 1 is 1.35 bits per heavy atom. The lowest BCUT2D eigenvalue weighted by molar-refractivity contribution is -0.139. The molecule has 0 radical (unpaired) electrons. The van der Waals surface area contributed by atoms with Crippen LogP contribution in [0.1, 0.15) is 22.3 Å². The van der Waals surface area contributed by atoms with E-state index in [9.17, 15) is 9.59 Å². The number of methoxy groups -OCH3 is 1. The van der Waals surface area contributed by atoms with Crippen LogP contribution in [0.2, 0.25) is 0 Å². The SMILES string of the molecule is COC(=O)Cc1cc(Br)ccc1C(=O)CCBr. The number of halogens is 2. The van der Waals surface area contributed by atoms with Crippen molar-refractivity contribution in [3.05, 3.63) is 33.8 Å². The Balaban J connectivity index is 3.03. The maximum absolute atomic E-state index is 11.8. The maximum atomic E-state index is 11.8. The van der Waals surface area contributed by atoms with Crippen LogP contribution in [-0.2, 0) is 16.0 Å². The van der Waals surface area contributed by atoms with Gasteiger partial charge in [-0.1, -0.05) is 37.9 Å². The largest absolute Gasteiger partial charge is 0.469 e. The molecule has 0 spiro atoms. The number of carbonyl (C=O) groups is 2. The minimum Gasteiger partial charge on any atom is -0.469 e. The Morgan fingerprint density at radius 3 is 2.65 bits per heavy atom. The molecule has 92 valence electrons.